The summed E-state index contributed by atoms with van der Waals surface area (Å²) in [5, 5.41) is 2.67. The zero-order chi connectivity index (χ0) is 17.2. The van der Waals surface area contributed by atoms with E-state index in [0.29, 0.717) is 0 Å². The SMILES string of the molecule is C.CN(Cc1ccc(C(C)(C)C)cc1)Cc1cccc2ccccc12. The monoisotopic (exact) mass is 333 g/mol. The number of hydrogen-bond acceptors (Lipinski definition) is 1. The third-order valence-corrected chi connectivity index (χ3v) is 4.59. The van der Waals surface area contributed by atoms with Gasteiger partial charge in [0.2, 0.25) is 0 Å². The van der Waals surface area contributed by atoms with Gasteiger partial charge in [0.05, 0.1) is 0 Å². The maximum Gasteiger partial charge on any atom is 0.0240 e. The topological polar surface area (TPSA) is 3.24 Å². The molecule has 1 heteroatoms. The van der Waals surface area contributed by atoms with Crippen LogP contribution in [0.3, 0.4) is 0 Å². The molecule has 0 saturated heterocycles. The van der Waals surface area contributed by atoms with Crippen LogP contribution in [-0.2, 0) is 18.5 Å². The molecule has 0 amide bonds. The molecular weight excluding hydrogens is 302 g/mol. The van der Waals surface area contributed by atoms with Gasteiger partial charge in [-0.2, -0.15) is 0 Å². The highest BCUT2D eigenvalue weighted by atomic mass is 15.1. The van der Waals surface area contributed by atoms with Crippen molar-refractivity contribution in [1.82, 2.24) is 4.90 Å². The molecule has 3 aromatic carbocycles. The van der Waals surface area contributed by atoms with Gasteiger partial charge in [0, 0.05) is 13.1 Å². The van der Waals surface area contributed by atoms with Crippen LogP contribution in [0.2, 0.25) is 0 Å². The van der Waals surface area contributed by atoms with Crippen LogP contribution in [0.5, 0.6) is 0 Å². The fourth-order valence-corrected chi connectivity index (χ4v) is 3.20. The summed E-state index contributed by atoms with van der Waals surface area (Å²) < 4.78 is 0. The van der Waals surface area contributed by atoms with Gasteiger partial charge < -0.3 is 0 Å². The van der Waals surface area contributed by atoms with Crippen LogP contribution in [0.15, 0.2) is 66.7 Å². The maximum atomic E-state index is 2.38. The quantitative estimate of drug-likeness (QED) is 0.533. The smallest absolute Gasteiger partial charge is 0.0240 e. The predicted molar refractivity (Wildman–Crippen MR) is 111 cm³/mol. The highest BCUT2D eigenvalue weighted by Gasteiger charge is 2.13. The van der Waals surface area contributed by atoms with Crippen LogP contribution in [0.1, 0.15) is 44.9 Å². The van der Waals surface area contributed by atoms with Gasteiger partial charge >= 0.3 is 0 Å². The van der Waals surface area contributed by atoms with Gasteiger partial charge in [-0.25, -0.2) is 0 Å². The van der Waals surface area contributed by atoms with E-state index in [4.69, 9.17) is 0 Å². The van der Waals surface area contributed by atoms with Crippen LogP contribution >= 0.6 is 0 Å². The largest absolute Gasteiger partial charge is 0.298 e. The Hall–Kier alpha value is -2.12. The van der Waals surface area contributed by atoms with E-state index < -0.39 is 0 Å². The molecule has 0 atom stereocenters. The molecule has 0 radical (unpaired) electrons. The molecule has 0 saturated carbocycles. The molecule has 0 bridgehead atoms. The third-order valence-electron chi connectivity index (χ3n) is 4.59. The van der Waals surface area contributed by atoms with Crippen molar-refractivity contribution in [3.8, 4) is 0 Å². The number of hydrogen-bond donors (Lipinski definition) is 0. The minimum absolute atomic E-state index is 0. The Balaban J connectivity index is 0.00000225. The molecule has 0 aliphatic heterocycles. The molecule has 3 rings (SSSR count). The van der Waals surface area contributed by atoms with Crippen molar-refractivity contribution in [3.05, 3.63) is 83.4 Å². The van der Waals surface area contributed by atoms with Gasteiger partial charge in [-0.15, -0.1) is 0 Å². The summed E-state index contributed by atoms with van der Waals surface area (Å²) in [5.41, 5.74) is 4.36. The fraction of sp³-hybridized carbons (Fsp3) is 0.333. The van der Waals surface area contributed by atoms with E-state index in [-0.39, 0.29) is 12.8 Å². The lowest BCUT2D eigenvalue weighted by molar-refractivity contribution is 0.320. The number of rotatable bonds is 4. The van der Waals surface area contributed by atoms with E-state index in [9.17, 15) is 0 Å². The molecule has 132 valence electrons. The fourth-order valence-electron chi connectivity index (χ4n) is 3.20. The first-order chi connectivity index (χ1) is 11.4. The lowest BCUT2D eigenvalue weighted by Gasteiger charge is -2.21. The summed E-state index contributed by atoms with van der Waals surface area (Å²) in [4.78, 5) is 2.38. The summed E-state index contributed by atoms with van der Waals surface area (Å²) in [5.74, 6) is 0. The summed E-state index contributed by atoms with van der Waals surface area (Å²) in [6.45, 7) is 8.70. The van der Waals surface area contributed by atoms with Crippen LogP contribution in [0.25, 0.3) is 10.8 Å². The second kappa shape index (κ2) is 7.84. The lowest BCUT2D eigenvalue weighted by atomic mass is 9.87. The summed E-state index contributed by atoms with van der Waals surface area (Å²) in [6, 6.07) is 24.3. The zero-order valence-corrected chi connectivity index (χ0v) is 15.2. The first-order valence-corrected chi connectivity index (χ1v) is 8.68. The highest BCUT2D eigenvalue weighted by molar-refractivity contribution is 5.85. The first-order valence-electron chi connectivity index (χ1n) is 8.68. The van der Waals surface area contributed by atoms with Crippen LogP contribution in [-0.4, -0.2) is 11.9 Å². The van der Waals surface area contributed by atoms with Crippen LogP contribution in [0, 0.1) is 0 Å². The van der Waals surface area contributed by atoms with Gasteiger partial charge in [0.1, 0.15) is 0 Å². The van der Waals surface area contributed by atoms with E-state index in [2.05, 4.69) is 99.4 Å². The van der Waals surface area contributed by atoms with E-state index in [1.165, 1.54) is 27.5 Å². The summed E-state index contributed by atoms with van der Waals surface area (Å²) >= 11 is 0. The standard InChI is InChI=1S/C23H27N.CH4/c1-23(2,3)21-14-12-18(13-15-21)16-24(4)17-20-10-7-9-19-8-5-6-11-22(19)20;/h5-15H,16-17H2,1-4H3;1H4. The van der Waals surface area contributed by atoms with E-state index in [1.54, 1.807) is 0 Å². The minimum atomic E-state index is 0. The van der Waals surface area contributed by atoms with Crippen molar-refractivity contribution >= 4 is 10.8 Å². The first kappa shape index (κ1) is 19.2. The van der Waals surface area contributed by atoms with E-state index >= 15 is 0 Å². The molecule has 0 N–H and O–H groups in total. The Morgan fingerprint density at radius 1 is 0.760 bits per heavy atom. The average molecular weight is 334 g/mol. The summed E-state index contributed by atoms with van der Waals surface area (Å²) in [6.07, 6.45) is 0. The molecule has 3 aromatic rings. The second-order valence-electron chi connectivity index (χ2n) is 7.76. The molecule has 0 spiro atoms. The van der Waals surface area contributed by atoms with Gasteiger partial charge in [-0.3, -0.25) is 4.90 Å². The van der Waals surface area contributed by atoms with Crippen molar-refractivity contribution in [1.29, 1.82) is 0 Å². The number of nitrogens with zero attached hydrogens (tertiary/aromatic N) is 1. The molecular formula is C24H31N. The Labute approximate surface area is 153 Å². The molecule has 25 heavy (non-hydrogen) atoms. The lowest BCUT2D eigenvalue weighted by Crippen LogP contribution is -2.17. The van der Waals surface area contributed by atoms with Crippen LogP contribution < -0.4 is 0 Å². The van der Waals surface area contributed by atoms with Crippen molar-refractivity contribution in [3.63, 3.8) is 0 Å². The van der Waals surface area contributed by atoms with Crippen molar-refractivity contribution in [2.45, 2.75) is 46.7 Å². The minimum Gasteiger partial charge on any atom is -0.298 e. The molecule has 0 fully saturated rings. The van der Waals surface area contributed by atoms with Gasteiger partial charge in [0.25, 0.3) is 0 Å². The molecule has 0 aromatic heterocycles. The zero-order valence-electron chi connectivity index (χ0n) is 15.2. The molecule has 0 aliphatic carbocycles. The second-order valence-corrected chi connectivity index (χ2v) is 7.76. The number of benzene rings is 3. The Morgan fingerprint density at radius 2 is 1.40 bits per heavy atom. The molecule has 1 nitrogen and oxygen atoms in total. The molecule has 0 unspecified atom stereocenters. The van der Waals surface area contributed by atoms with E-state index in [1.807, 2.05) is 0 Å². The average Bonchev–Trinajstić information content (AvgIpc) is 2.55. The number of fused-ring (bicyclic) bond motifs is 1. The Kier molecular flexibility index (Phi) is 6.02. The summed E-state index contributed by atoms with van der Waals surface area (Å²) in [7, 11) is 2.19. The van der Waals surface area contributed by atoms with Gasteiger partial charge in [-0.1, -0.05) is 94.9 Å². The normalized spacial score (nSPS) is 11.6. The van der Waals surface area contributed by atoms with Crippen molar-refractivity contribution in [2.75, 3.05) is 7.05 Å². The highest BCUT2D eigenvalue weighted by Crippen LogP contribution is 2.23. The van der Waals surface area contributed by atoms with Crippen molar-refractivity contribution < 1.29 is 0 Å². The van der Waals surface area contributed by atoms with Gasteiger partial charge in [0.15, 0.2) is 0 Å². The Morgan fingerprint density at radius 3 is 2.08 bits per heavy atom. The van der Waals surface area contributed by atoms with Gasteiger partial charge in [-0.05, 0) is 39.9 Å². The van der Waals surface area contributed by atoms with E-state index in [0.717, 1.165) is 13.1 Å². The maximum absolute atomic E-state index is 2.38. The van der Waals surface area contributed by atoms with Crippen LogP contribution in [0.4, 0.5) is 0 Å². The predicted octanol–water partition coefficient (Wildman–Crippen LogP) is 6.41. The van der Waals surface area contributed by atoms with Crippen molar-refractivity contribution in [2.24, 2.45) is 0 Å². The Bertz CT molecular complexity index is 804. The molecule has 0 heterocycles. The third kappa shape index (κ3) is 4.70. The molecule has 0 aliphatic rings.